The van der Waals surface area contributed by atoms with Crippen molar-refractivity contribution in [1.82, 2.24) is 34.7 Å². The second-order valence-electron chi connectivity index (χ2n) is 9.99. The standard InChI is InChI=1S/C27H32ClN9/c1-35-10-6-20(7-11-35)32-24-23(28)17-31-27-25(24)33-26(34-27)19-2-4-22(5-3-19)37-14-12-36(13-15-37)18-21-16-29-8-9-30-21/h2-5,8-9,16-17,20H,6-7,10-15,18H2,1H3,(H2,31,32,33,34). The minimum absolute atomic E-state index is 0.389. The lowest BCUT2D eigenvalue weighted by molar-refractivity contribution is 0.247. The molecule has 9 nitrogen and oxygen atoms in total. The van der Waals surface area contributed by atoms with E-state index < -0.39 is 0 Å². The highest BCUT2D eigenvalue weighted by atomic mass is 35.5. The minimum Gasteiger partial charge on any atom is -0.379 e. The number of nitrogens with zero attached hydrogens (tertiary/aromatic N) is 7. The Bertz CT molecular complexity index is 1330. The van der Waals surface area contributed by atoms with Crippen molar-refractivity contribution in [3.63, 3.8) is 0 Å². The van der Waals surface area contributed by atoms with Crippen LogP contribution in [0.25, 0.3) is 22.6 Å². The first kappa shape index (κ1) is 24.1. The number of pyridine rings is 1. The van der Waals surface area contributed by atoms with Gasteiger partial charge in [0.1, 0.15) is 11.3 Å². The quantitative estimate of drug-likeness (QED) is 0.398. The number of piperazine rings is 1. The number of aromatic nitrogens is 5. The van der Waals surface area contributed by atoms with Crippen LogP contribution in [0.1, 0.15) is 18.5 Å². The second-order valence-corrected chi connectivity index (χ2v) is 10.4. The van der Waals surface area contributed by atoms with E-state index in [-0.39, 0.29) is 0 Å². The first-order valence-electron chi connectivity index (χ1n) is 12.9. The van der Waals surface area contributed by atoms with Crippen molar-refractivity contribution in [2.75, 3.05) is 56.5 Å². The van der Waals surface area contributed by atoms with Gasteiger partial charge in [-0.2, -0.15) is 0 Å². The van der Waals surface area contributed by atoms with Crippen molar-refractivity contribution in [2.24, 2.45) is 0 Å². The van der Waals surface area contributed by atoms with Gasteiger partial charge in [0.05, 0.1) is 22.6 Å². The normalized spacial score (nSPS) is 17.9. The van der Waals surface area contributed by atoms with Crippen LogP contribution in [0.5, 0.6) is 0 Å². The molecule has 0 radical (unpaired) electrons. The number of halogens is 1. The first-order valence-corrected chi connectivity index (χ1v) is 13.3. The lowest BCUT2D eigenvalue weighted by atomic mass is 10.1. The summed E-state index contributed by atoms with van der Waals surface area (Å²) in [5.74, 6) is 0.802. The number of hydrogen-bond donors (Lipinski definition) is 2. The number of piperidine rings is 1. The van der Waals surface area contributed by atoms with Crippen LogP contribution in [0.2, 0.25) is 5.02 Å². The number of fused-ring (bicyclic) bond motifs is 1. The summed E-state index contributed by atoms with van der Waals surface area (Å²) in [6.45, 7) is 6.98. The molecule has 5 heterocycles. The highest BCUT2D eigenvalue weighted by Gasteiger charge is 2.21. The molecule has 3 aromatic heterocycles. The summed E-state index contributed by atoms with van der Waals surface area (Å²) in [6.07, 6.45) is 9.20. The fourth-order valence-electron chi connectivity index (χ4n) is 5.20. The predicted molar refractivity (Wildman–Crippen MR) is 148 cm³/mol. The van der Waals surface area contributed by atoms with Crippen LogP contribution in [0.3, 0.4) is 0 Å². The Morgan fingerprint density at radius 2 is 1.76 bits per heavy atom. The van der Waals surface area contributed by atoms with Crippen molar-refractivity contribution in [2.45, 2.75) is 25.4 Å². The maximum atomic E-state index is 6.56. The van der Waals surface area contributed by atoms with E-state index in [4.69, 9.17) is 16.6 Å². The fourth-order valence-corrected chi connectivity index (χ4v) is 5.39. The maximum Gasteiger partial charge on any atom is 0.159 e. The smallest absolute Gasteiger partial charge is 0.159 e. The number of anilines is 2. The Labute approximate surface area is 221 Å². The number of benzene rings is 1. The SMILES string of the molecule is CN1CCC(Nc2c(Cl)cnc3[nH]c(-c4ccc(N5CCN(Cc6cnccn6)CC5)cc4)nc23)CC1. The van der Waals surface area contributed by atoms with Gasteiger partial charge in [0.15, 0.2) is 5.65 Å². The zero-order valence-corrected chi connectivity index (χ0v) is 21.8. The molecular weight excluding hydrogens is 486 g/mol. The number of aromatic amines is 1. The van der Waals surface area contributed by atoms with Gasteiger partial charge >= 0.3 is 0 Å². The van der Waals surface area contributed by atoms with Gasteiger partial charge in [0.2, 0.25) is 0 Å². The van der Waals surface area contributed by atoms with Gasteiger partial charge in [-0.3, -0.25) is 14.9 Å². The van der Waals surface area contributed by atoms with Crippen LogP contribution in [-0.2, 0) is 6.54 Å². The minimum atomic E-state index is 0.389. The number of hydrogen-bond acceptors (Lipinski definition) is 8. The molecule has 2 saturated heterocycles. The van der Waals surface area contributed by atoms with Gasteiger partial charge in [0.25, 0.3) is 0 Å². The topological polar surface area (TPSA) is 89.1 Å². The molecule has 37 heavy (non-hydrogen) atoms. The molecular formula is C27H32ClN9. The Balaban J connectivity index is 1.13. The summed E-state index contributed by atoms with van der Waals surface area (Å²) in [5, 5.41) is 4.26. The number of rotatable bonds is 6. The molecule has 0 amide bonds. The molecule has 6 rings (SSSR count). The van der Waals surface area contributed by atoms with Gasteiger partial charge in [0, 0.05) is 68.6 Å². The molecule has 192 valence electrons. The molecule has 4 aromatic rings. The number of likely N-dealkylation sites (tertiary alicyclic amines) is 1. The summed E-state index contributed by atoms with van der Waals surface area (Å²) in [4.78, 5) is 28.6. The van der Waals surface area contributed by atoms with E-state index in [1.165, 1.54) is 5.69 Å². The summed E-state index contributed by atoms with van der Waals surface area (Å²) >= 11 is 6.56. The van der Waals surface area contributed by atoms with Crippen LogP contribution < -0.4 is 10.2 Å². The Hall–Kier alpha value is -3.27. The van der Waals surface area contributed by atoms with E-state index in [1.807, 2.05) is 6.20 Å². The second kappa shape index (κ2) is 10.6. The summed E-state index contributed by atoms with van der Waals surface area (Å²) in [7, 11) is 2.17. The van der Waals surface area contributed by atoms with Gasteiger partial charge < -0.3 is 20.1 Å². The Kier molecular flexibility index (Phi) is 6.91. The molecule has 2 aliphatic rings. The van der Waals surface area contributed by atoms with Crippen LogP contribution in [0, 0.1) is 0 Å². The summed E-state index contributed by atoms with van der Waals surface area (Å²) in [5.41, 5.74) is 5.70. The van der Waals surface area contributed by atoms with E-state index in [0.717, 1.165) is 92.6 Å². The molecule has 2 aliphatic heterocycles. The summed E-state index contributed by atoms with van der Waals surface area (Å²) in [6, 6.07) is 9.01. The Morgan fingerprint density at radius 1 is 0.973 bits per heavy atom. The van der Waals surface area contributed by atoms with Crippen LogP contribution >= 0.6 is 11.6 Å². The van der Waals surface area contributed by atoms with Crippen LogP contribution in [-0.4, -0.2) is 87.1 Å². The van der Waals surface area contributed by atoms with E-state index >= 15 is 0 Å². The molecule has 10 heteroatoms. The van der Waals surface area contributed by atoms with Gasteiger partial charge in [-0.1, -0.05) is 11.6 Å². The molecule has 0 saturated carbocycles. The highest BCUT2D eigenvalue weighted by Crippen LogP contribution is 2.32. The largest absolute Gasteiger partial charge is 0.379 e. The molecule has 2 fully saturated rings. The molecule has 1 aromatic carbocycles. The van der Waals surface area contributed by atoms with Gasteiger partial charge in [-0.05, 0) is 57.2 Å². The molecule has 0 spiro atoms. The number of H-pyrrole nitrogens is 1. The zero-order valence-electron chi connectivity index (χ0n) is 21.1. The molecule has 0 unspecified atom stereocenters. The Morgan fingerprint density at radius 3 is 2.49 bits per heavy atom. The van der Waals surface area contributed by atoms with Crippen molar-refractivity contribution < 1.29 is 0 Å². The average molecular weight is 518 g/mol. The number of imidazole rings is 1. The predicted octanol–water partition coefficient (Wildman–Crippen LogP) is 3.90. The van der Waals surface area contributed by atoms with E-state index in [0.29, 0.717) is 11.1 Å². The lowest BCUT2D eigenvalue weighted by Gasteiger charge is -2.36. The lowest BCUT2D eigenvalue weighted by Crippen LogP contribution is -2.46. The first-order chi connectivity index (χ1) is 18.1. The third kappa shape index (κ3) is 5.39. The maximum absolute atomic E-state index is 6.56. The molecule has 0 bridgehead atoms. The van der Waals surface area contributed by atoms with E-state index in [2.05, 4.69) is 71.3 Å². The van der Waals surface area contributed by atoms with Crippen molar-refractivity contribution in [1.29, 1.82) is 0 Å². The molecule has 2 N–H and O–H groups in total. The van der Waals surface area contributed by atoms with Gasteiger partial charge in [-0.15, -0.1) is 0 Å². The van der Waals surface area contributed by atoms with E-state index in [1.54, 1.807) is 18.6 Å². The fraction of sp³-hybridized carbons (Fsp3) is 0.407. The van der Waals surface area contributed by atoms with Crippen molar-refractivity contribution >= 4 is 34.1 Å². The average Bonchev–Trinajstić information content (AvgIpc) is 3.37. The monoisotopic (exact) mass is 517 g/mol. The summed E-state index contributed by atoms with van der Waals surface area (Å²) < 4.78 is 0. The van der Waals surface area contributed by atoms with Gasteiger partial charge in [-0.25, -0.2) is 9.97 Å². The molecule has 0 aliphatic carbocycles. The highest BCUT2D eigenvalue weighted by molar-refractivity contribution is 6.34. The van der Waals surface area contributed by atoms with Crippen molar-refractivity contribution in [3.8, 4) is 11.4 Å². The molecule has 0 atom stereocenters. The van der Waals surface area contributed by atoms with Crippen LogP contribution in [0.4, 0.5) is 11.4 Å². The zero-order chi connectivity index (χ0) is 25.2. The third-order valence-electron chi connectivity index (χ3n) is 7.41. The van der Waals surface area contributed by atoms with Crippen LogP contribution in [0.15, 0.2) is 49.1 Å². The number of nitrogens with one attached hydrogen (secondary N) is 2. The van der Waals surface area contributed by atoms with Crippen molar-refractivity contribution in [3.05, 3.63) is 59.8 Å². The van der Waals surface area contributed by atoms with E-state index in [9.17, 15) is 0 Å². The third-order valence-corrected chi connectivity index (χ3v) is 7.70.